The van der Waals surface area contributed by atoms with Crippen molar-refractivity contribution in [2.75, 3.05) is 0 Å². The molecule has 124 valence electrons. The Kier molecular flexibility index (Phi) is 3.46. The van der Waals surface area contributed by atoms with E-state index < -0.39 is 0 Å². The maximum Gasteiger partial charge on any atom is 0.0743 e. The zero-order chi connectivity index (χ0) is 17.5. The number of para-hydroxylation sites is 1. The van der Waals surface area contributed by atoms with Gasteiger partial charge in [-0.05, 0) is 40.5 Å². The molecule has 1 aliphatic rings. The van der Waals surface area contributed by atoms with Crippen molar-refractivity contribution in [3.63, 3.8) is 0 Å². The summed E-state index contributed by atoms with van der Waals surface area (Å²) in [5.74, 6) is 0.280. The Labute approximate surface area is 153 Å². The van der Waals surface area contributed by atoms with Crippen LogP contribution in [0.5, 0.6) is 0 Å². The van der Waals surface area contributed by atoms with Crippen LogP contribution in [0.3, 0.4) is 0 Å². The van der Waals surface area contributed by atoms with Gasteiger partial charge in [0.05, 0.1) is 5.52 Å². The average molecular weight is 333 g/mol. The molecule has 0 saturated heterocycles. The molecule has 0 spiro atoms. The largest absolute Gasteiger partial charge is 0.256 e. The van der Waals surface area contributed by atoms with Crippen molar-refractivity contribution in [3.05, 3.63) is 108 Å². The zero-order valence-corrected chi connectivity index (χ0v) is 14.7. The fourth-order valence-corrected chi connectivity index (χ4v) is 4.11. The molecule has 3 aromatic carbocycles. The van der Waals surface area contributed by atoms with Gasteiger partial charge < -0.3 is 0 Å². The number of fused-ring (bicyclic) bond motifs is 2. The highest BCUT2D eigenvalue weighted by Crippen LogP contribution is 2.41. The lowest BCUT2D eigenvalue weighted by molar-refractivity contribution is 1.02. The minimum Gasteiger partial charge on any atom is -0.256 e. The van der Waals surface area contributed by atoms with Gasteiger partial charge in [0.15, 0.2) is 0 Å². The summed E-state index contributed by atoms with van der Waals surface area (Å²) in [4.78, 5) is 4.65. The van der Waals surface area contributed by atoms with Gasteiger partial charge in [-0.2, -0.15) is 0 Å². The topological polar surface area (TPSA) is 12.9 Å². The van der Waals surface area contributed by atoms with E-state index in [-0.39, 0.29) is 5.92 Å². The number of rotatable bonds is 2. The summed E-state index contributed by atoms with van der Waals surface area (Å²) in [6, 6.07) is 25.8. The number of hydrogen-bond acceptors (Lipinski definition) is 1. The highest BCUT2D eigenvalue weighted by molar-refractivity contribution is 5.98. The van der Waals surface area contributed by atoms with Crippen LogP contribution in [0, 0.1) is 0 Å². The van der Waals surface area contributed by atoms with Crippen LogP contribution in [0.25, 0.3) is 27.2 Å². The smallest absolute Gasteiger partial charge is 0.0743 e. The van der Waals surface area contributed by atoms with Crippen LogP contribution in [-0.2, 0) is 0 Å². The summed E-state index contributed by atoms with van der Waals surface area (Å²) in [6.45, 7) is 2.25. The summed E-state index contributed by atoms with van der Waals surface area (Å²) in [6.07, 6.45) is 6.48. The van der Waals surface area contributed by atoms with Crippen molar-refractivity contribution < 1.29 is 0 Å². The highest BCUT2D eigenvalue weighted by Gasteiger charge is 2.22. The Balaban J connectivity index is 1.69. The van der Waals surface area contributed by atoms with Crippen molar-refractivity contribution in [2.45, 2.75) is 12.8 Å². The third-order valence-electron chi connectivity index (χ3n) is 5.43. The molecule has 1 heterocycles. The van der Waals surface area contributed by atoms with Crippen molar-refractivity contribution in [1.82, 2.24) is 4.98 Å². The van der Waals surface area contributed by atoms with Crippen LogP contribution in [0.1, 0.15) is 24.0 Å². The van der Waals surface area contributed by atoms with Gasteiger partial charge in [0, 0.05) is 17.5 Å². The van der Waals surface area contributed by atoms with Gasteiger partial charge in [-0.1, -0.05) is 84.5 Å². The van der Waals surface area contributed by atoms with Gasteiger partial charge in [0.1, 0.15) is 0 Å². The normalized spacial score (nSPS) is 16.7. The molecule has 0 saturated carbocycles. The Morgan fingerprint density at radius 3 is 2.50 bits per heavy atom. The van der Waals surface area contributed by atoms with Gasteiger partial charge in [-0.3, -0.25) is 4.98 Å². The van der Waals surface area contributed by atoms with Gasteiger partial charge >= 0.3 is 0 Å². The molecule has 1 aliphatic carbocycles. The molecule has 1 heteroatoms. The number of nitrogens with zero attached hydrogens (tertiary/aromatic N) is 1. The van der Waals surface area contributed by atoms with E-state index in [2.05, 4.69) is 90.8 Å². The van der Waals surface area contributed by atoms with Crippen LogP contribution in [0.15, 0.2) is 96.7 Å². The molecule has 0 fully saturated rings. The predicted octanol–water partition coefficient (Wildman–Crippen LogP) is 6.52. The summed E-state index contributed by atoms with van der Waals surface area (Å²) in [7, 11) is 0. The SMILES string of the molecule is CC1=C(c2cccc3ccccc23)C=CC1c1cccc2cccnc12. The van der Waals surface area contributed by atoms with Gasteiger partial charge in [0.25, 0.3) is 0 Å². The molecule has 1 aromatic heterocycles. The lowest BCUT2D eigenvalue weighted by atomic mass is 9.89. The fourth-order valence-electron chi connectivity index (χ4n) is 4.11. The molecule has 0 aliphatic heterocycles. The predicted molar refractivity (Wildman–Crippen MR) is 110 cm³/mol. The summed E-state index contributed by atoms with van der Waals surface area (Å²) in [5, 5.41) is 3.80. The average Bonchev–Trinajstić information content (AvgIpc) is 3.08. The molecule has 1 atom stereocenters. The summed E-state index contributed by atoms with van der Waals surface area (Å²) >= 11 is 0. The Morgan fingerprint density at radius 2 is 1.54 bits per heavy atom. The van der Waals surface area contributed by atoms with E-state index in [0.29, 0.717) is 0 Å². The first-order valence-electron chi connectivity index (χ1n) is 9.04. The molecule has 26 heavy (non-hydrogen) atoms. The molecular weight excluding hydrogens is 314 g/mol. The number of hydrogen-bond donors (Lipinski definition) is 0. The molecule has 1 nitrogen and oxygen atoms in total. The Hall–Kier alpha value is -3.19. The molecule has 0 amide bonds. The first-order valence-corrected chi connectivity index (χ1v) is 9.04. The maximum atomic E-state index is 4.65. The standard InChI is InChI=1S/C25H19N/c1-17-20(23-12-4-8-18-7-2-3-11-22(18)23)14-15-21(17)24-13-5-9-19-10-6-16-26-25(19)24/h2-16,21H,1H3. The fraction of sp³-hybridized carbons (Fsp3) is 0.0800. The van der Waals surface area contributed by atoms with Gasteiger partial charge in [-0.15, -0.1) is 0 Å². The second kappa shape index (κ2) is 5.96. The Bertz CT molecular complexity index is 1190. The minimum absolute atomic E-state index is 0.280. The number of allylic oxidation sites excluding steroid dienone is 4. The van der Waals surface area contributed by atoms with E-state index in [4.69, 9.17) is 0 Å². The van der Waals surface area contributed by atoms with Gasteiger partial charge in [0.2, 0.25) is 0 Å². The summed E-state index contributed by atoms with van der Waals surface area (Å²) < 4.78 is 0. The lowest BCUT2D eigenvalue weighted by Crippen LogP contribution is -1.98. The third kappa shape index (κ3) is 2.28. The van der Waals surface area contributed by atoms with Crippen molar-refractivity contribution >= 4 is 27.2 Å². The second-order valence-corrected chi connectivity index (χ2v) is 6.88. The molecule has 0 N–H and O–H groups in total. The van der Waals surface area contributed by atoms with E-state index in [0.717, 1.165) is 5.52 Å². The second-order valence-electron chi connectivity index (χ2n) is 6.88. The maximum absolute atomic E-state index is 4.65. The zero-order valence-electron chi connectivity index (χ0n) is 14.7. The quantitative estimate of drug-likeness (QED) is 0.407. The van der Waals surface area contributed by atoms with Crippen LogP contribution in [-0.4, -0.2) is 4.98 Å². The number of pyridine rings is 1. The molecule has 0 bridgehead atoms. The van der Waals surface area contributed by atoms with Crippen LogP contribution < -0.4 is 0 Å². The highest BCUT2D eigenvalue weighted by atomic mass is 14.7. The van der Waals surface area contributed by atoms with E-state index in [1.54, 1.807) is 0 Å². The molecule has 0 radical (unpaired) electrons. The first-order chi connectivity index (χ1) is 12.8. The lowest BCUT2D eigenvalue weighted by Gasteiger charge is -2.15. The third-order valence-corrected chi connectivity index (χ3v) is 5.43. The Morgan fingerprint density at radius 1 is 0.769 bits per heavy atom. The van der Waals surface area contributed by atoms with Crippen LogP contribution in [0.2, 0.25) is 0 Å². The summed E-state index contributed by atoms with van der Waals surface area (Å²) in [5.41, 5.74) is 6.42. The molecule has 4 aromatic rings. The van der Waals surface area contributed by atoms with Crippen molar-refractivity contribution in [1.29, 1.82) is 0 Å². The molecule has 1 unspecified atom stereocenters. The van der Waals surface area contributed by atoms with E-state index >= 15 is 0 Å². The first kappa shape index (κ1) is 15.1. The molecule has 5 rings (SSSR count). The monoisotopic (exact) mass is 333 g/mol. The number of benzene rings is 3. The van der Waals surface area contributed by atoms with E-state index in [1.165, 1.54) is 38.4 Å². The minimum atomic E-state index is 0.280. The van der Waals surface area contributed by atoms with E-state index in [1.807, 2.05) is 12.3 Å². The van der Waals surface area contributed by atoms with Crippen molar-refractivity contribution in [3.8, 4) is 0 Å². The molecular formula is C25H19N. The van der Waals surface area contributed by atoms with Gasteiger partial charge in [-0.25, -0.2) is 0 Å². The van der Waals surface area contributed by atoms with Crippen LogP contribution >= 0.6 is 0 Å². The van der Waals surface area contributed by atoms with Crippen molar-refractivity contribution in [2.24, 2.45) is 0 Å². The van der Waals surface area contributed by atoms with E-state index in [9.17, 15) is 0 Å². The van der Waals surface area contributed by atoms with Crippen LogP contribution in [0.4, 0.5) is 0 Å². The number of aromatic nitrogens is 1.